The van der Waals surface area contributed by atoms with Crippen LogP contribution in [0.15, 0.2) is 60.8 Å². The monoisotopic (exact) mass is 404 g/mol. The average Bonchev–Trinajstić information content (AvgIpc) is 3.20. The minimum atomic E-state index is 0.0608. The summed E-state index contributed by atoms with van der Waals surface area (Å²) in [6.07, 6.45) is 1.80. The number of H-pyrrole nitrogens is 1. The van der Waals surface area contributed by atoms with Crippen molar-refractivity contribution in [3.8, 4) is 0 Å². The van der Waals surface area contributed by atoms with E-state index in [2.05, 4.69) is 20.9 Å². The molecule has 3 heterocycles. The highest BCUT2D eigenvalue weighted by Gasteiger charge is 2.24. The van der Waals surface area contributed by atoms with Crippen LogP contribution in [0.4, 0.5) is 0 Å². The number of hydrogen-bond donors (Lipinski definition) is 1. The fourth-order valence-electron chi connectivity index (χ4n) is 4.02. The van der Waals surface area contributed by atoms with Crippen LogP contribution in [-0.2, 0) is 6.54 Å². The molecule has 1 amide bonds. The lowest BCUT2D eigenvalue weighted by molar-refractivity contribution is 0.0624. The molecular formula is C23H21ClN4O. The van der Waals surface area contributed by atoms with E-state index in [1.807, 2.05) is 53.4 Å². The summed E-state index contributed by atoms with van der Waals surface area (Å²) in [5.74, 6) is 0.0608. The van der Waals surface area contributed by atoms with Crippen molar-refractivity contribution < 1.29 is 4.79 Å². The van der Waals surface area contributed by atoms with Gasteiger partial charge in [-0.2, -0.15) is 0 Å². The van der Waals surface area contributed by atoms with Crippen molar-refractivity contribution in [3.63, 3.8) is 0 Å². The molecule has 5 rings (SSSR count). The third-order valence-corrected chi connectivity index (χ3v) is 5.98. The van der Waals surface area contributed by atoms with Gasteiger partial charge in [-0.1, -0.05) is 41.9 Å². The van der Waals surface area contributed by atoms with E-state index in [0.29, 0.717) is 18.8 Å². The third-order valence-electron chi connectivity index (χ3n) is 5.62. The van der Waals surface area contributed by atoms with Gasteiger partial charge in [-0.25, -0.2) is 0 Å². The van der Waals surface area contributed by atoms with Crippen LogP contribution in [0.25, 0.3) is 21.8 Å². The van der Waals surface area contributed by atoms with E-state index in [-0.39, 0.29) is 5.91 Å². The molecule has 1 fully saturated rings. The number of carbonyl (C=O) groups excluding carboxylic acids is 1. The van der Waals surface area contributed by atoms with Crippen LogP contribution < -0.4 is 0 Å². The van der Waals surface area contributed by atoms with E-state index in [9.17, 15) is 4.79 Å². The molecule has 2 aromatic heterocycles. The smallest absolute Gasteiger partial charge is 0.270 e. The second-order valence-electron chi connectivity index (χ2n) is 7.44. The van der Waals surface area contributed by atoms with Gasteiger partial charge in [0.15, 0.2) is 0 Å². The average molecular weight is 405 g/mol. The number of nitrogens with one attached hydrogen (secondary N) is 1. The number of hydrogen-bond acceptors (Lipinski definition) is 3. The molecule has 1 aliphatic rings. The number of aromatic amines is 1. The van der Waals surface area contributed by atoms with Gasteiger partial charge in [0.1, 0.15) is 5.69 Å². The normalized spacial score (nSPS) is 15.3. The fourth-order valence-corrected chi connectivity index (χ4v) is 4.24. The molecule has 4 aromatic rings. The molecule has 6 heteroatoms. The summed E-state index contributed by atoms with van der Waals surface area (Å²) in [5.41, 5.74) is 3.66. The number of nitrogens with zero attached hydrogens (tertiary/aromatic N) is 3. The molecule has 0 aliphatic carbocycles. The summed E-state index contributed by atoms with van der Waals surface area (Å²) >= 11 is 6.48. The summed E-state index contributed by atoms with van der Waals surface area (Å²) in [5, 5.41) is 2.90. The van der Waals surface area contributed by atoms with Gasteiger partial charge in [0.2, 0.25) is 0 Å². The number of rotatable bonds is 3. The molecule has 1 saturated heterocycles. The highest BCUT2D eigenvalue weighted by molar-refractivity contribution is 6.32. The Bertz CT molecular complexity index is 1160. The van der Waals surface area contributed by atoms with E-state index < -0.39 is 0 Å². The molecule has 2 aromatic carbocycles. The summed E-state index contributed by atoms with van der Waals surface area (Å²) in [4.78, 5) is 24.9. The zero-order chi connectivity index (χ0) is 19.8. The van der Waals surface area contributed by atoms with E-state index in [1.165, 1.54) is 0 Å². The lowest BCUT2D eigenvalue weighted by atomic mass is 10.1. The Morgan fingerprint density at radius 1 is 1.00 bits per heavy atom. The second kappa shape index (κ2) is 7.50. The molecular weight excluding hydrogens is 384 g/mol. The quantitative estimate of drug-likeness (QED) is 0.553. The maximum Gasteiger partial charge on any atom is 0.270 e. The molecule has 146 valence electrons. The zero-order valence-electron chi connectivity index (χ0n) is 15.9. The number of amides is 1. The predicted molar refractivity (Wildman–Crippen MR) is 116 cm³/mol. The van der Waals surface area contributed by atoms with Gasteiger partial charge in [-0.3, -0.25) is 14.7 Å². The minimum absolute atomic E-state index is 0.0608. The fraction of sp³-hybridized carbons (Fsp3) is 0.217. The molecule has 29 heavy (non-hydrogen) atoms. The minimum Gasteiger partial charge on any atom is -0.351 e. The van der Waals surface area contributed by atoms with E-state index >= 15 is 0 Å². The topological polar surface area (TPSA) is 52.2 Å². The second-order valence-corrected chi connectivity index (χ2v) is 7.85. The lowest BCUT2D eigenvalue weighted by Gasteiger charge is -2.34. The number of carbonyl (C=O) groups is 1. The summed E-state index contributed by atoms with van der Waals surface area (Å²) in [6.45, 7) is 3.76. The Kier molecular flexibility index (Phi) is 4.70. The standard InChI is InChI=1S/C23H21ClN4O/c24-19-8-7-16-5-3-9-25-22(16)18(19)15-27-10-12-28(13-11-27)23(29)21-14-17-4-1-2-6-20(17)26-21/h1-9,14,26H,10-13,15H2. The van der Waals surface area contributed by atoms with E-state index in [4.69, 9.17) is 11.6 Å². The highest BCUT2D eigenvalue weighted by atomic mass is 35.5. The summed E-state index contributed by atoms with van der Waals surface area (Å²) in [6, 6.07) is 17.8. The van der Waals surface area contributed by atoms with Gasteiger partial charge in [-0.05, 0) is 24.3 Å². The predicted octanol–water partition coefficient (Wildman–Crippen LogP) is 4.33. The molecule has 1 N–H and O–H groups in total. The van der Waals surface area contributed by atoms with Gasteiger partial charge >= 0.3 is 0 Å². The summed E-state index contributed by atoms with van der Waals surface area (Å²) in [7, 11) is 0. The van der Waals surface area contributed by atoms with Crippen molar-refractivity contribution >= 4 is 39.3 Å². The number of halogens is 1. The third kappa shape index (κ3) is 3.48. The SMILES string of the molecule is O=C(c1cc2ccccc2[nH]1)N1CCN(Cc2c(Cl)ccc3cccnc23)CC1. The number of fused-ring (bicyclic) bond motifs is 2. The van der Waals surface area contributed by atoms with Crippen LogP contribution in [0.1, 0.15) is 16.1 Å². The first kappa shape index (κ1) is 18.2. The first-order valence-electron chi connectivity index (χ1n) is 9.80. The Hall–Kier alpha value is -2.89. The number of aromatic nitrogens is 2. The van der Waals surface area contributed by atoms with Gasteiger partial charge < -0.3 is 9.88 Å². The number of para-hydroxylation sites is 1. The van der Waals surface area contributed by atoms with Gasteiger partial charge in [0, 0.05) is 65.8 Å². The largest absolute Gasteiger partial charge is 0.351 e. The van der Waals surface area contributed by atoms with Gasteiger partial charge in [-0.15, -0.1) is 0 Å². The van der Waals surface area contributed by atoms with Crippen molar-refractivity contribution in [1.82, 2.24) is 19.8 Å². The van der Waals surface area contributed by atoms with Crippen LogP contribution >= 0.6 is 11.6 Å². The van der Waals surface area contributed by atoms with Crippen LogP contribution in [0.3, 0.4) is 0 Å². The van der Waals surface area contributed by atoms with Crippen molar-refractivity contribution in [2.24, 2.45) is 0 Å². The van der Waals surface area contributed by atoms with Crippen LogP contribution in [0, 0.1) is 0 Å². The molecule has 5 nitrogen and oxygen atoms in total. The van der Waals surface area contributed by atoms with Crippen LogP contribution in [0.5, 0.6) is 0 Å². The lowest BCUT2D eigenvalue weighted by Crippen LogP contribution is -2.48. The number of pyridine rings is 1. The Morgan fingerprint density at radius 3 is 2.62 bits per heavy atom. The molecule has 0 unspecified atom stereocenters. The number of benzene rings is 2. The van der Waals surface area contributed by atoms with Crippen molar-refractivity contribution in [1.29, 1.82) is 0 Å². The van der Waals surface area contributed by atoms with Crippen molar-refractivity contribution in [3.05, 3.63) is 77.1 Å². The Labute approximate surface area is 173 Å². The Morgan fingerprint density at radius 2 is 1.79 bits per heavy atom. The molecule has 0 spiro atoms. The van der Waals surface area contributed by atoms with Crippen LogP contribution in [0.2, 0.25) is 5.02 Å². The summed E-state index contributed by atoms with van der Waals surface area (Å²) < 4.78 is 0. The van der Waals surface area contributed by atoms with Gasteiger partial charge in [0.05, 0.1) is 5.52 Å². The maximum absolute atomic E-state index is 12.9. The molecule has 0 saturated carbocycles. The van der Waals surface area contributed by atoms with E-state index in [1.54, 1.807) is 6.20 Å². The first-order valence-corrected chi connectivity index (χ1v) is 10.2. The molecule has 1 aliphatic heterocycles. The highest BCUT2D eigenvalue weighted by Crippen LogP contribution is 2.26. The van der Waals surface area contributed by atoms with Crippen molar-refractivity contribution in [2.75, 3.05) is 26.2 Å². The molecule has 0 radical (unpaired) electrons. The Balaban J connectivity index is 1.28. The molecule has 0 atom stereocenters. The van der Waals surface area contributed by atoms with Gasteiger partial charge in [0.25, 0.3) is 5.91 Å². The first-order chi connectivity index (χ1) is 14.2. The number of piperazine rings is 1. The van der Waals surface area contributed by atoms with Crippen molar-refractivity contribution in [2.45, 2.75) is 6.54 Å². The zero-order valence-corrected chi connectivity index (χ0v) is 16.7. The maximum atomic E-state index is 12.9. The van der Waals surface area contributed by atoms with E-state index in [0.717, 1.165) is 52.0 Å². The van der Waals surface area contributed by atoms with Crippen LogP contribution in [-0.4, -0.2) is 51.9 Å². The molecule has 0 bridgehead atoms.